The smallest absolute Gasteiger partial charge is 0.291 e. The van der Waals surface area contributed by atoms with Crippen molar-refractivity contribution in [3.63, 3.8) is 0 Å². The van der Waals surface area contributed by atoms with Gasteiger partial charge in [-0.05, 0) is 53.4 Å². The van der Waals surface area contributed by atoms with Gasteiger partial charge in [-0.25, -0.2) is 14.1 Å². The van der Waals surface area contributed by atoms with E-state index >= 15 is 0 Å². The fraction of sp³-hybridized carbons (Fsp3) is 0.0400. The van der Waals surface area contributed by atoms with E-state index in [4.69, 9.17) is 0 Å². The summed E-state index contributed by atoms with van der Waals surface area (Å²) in [6.45, 7) is 0. The number of nitrogens with one attached hydrogen (secondary N) is 1. The van der Waals surface area contributed by atoms with Gasteiger partial charge < -0.3 is 5.32 Å². The Morgan fingerprint density at radius 1 is 0.939 bits per heavy atom. The van der Waals surface area contributed by atoms with Crippen LogP contribution in [0.4, 0.5) is 4.39 Å². The van der Waals surface area contributed by atoms with Crippen LogP contribution >= 0.6 is 11.3 Å². The summed E-state index contributed by atoms with van der Waals surface area (Å²) < 4.78 is 15.0. The molecule has 5 rings (SSSR count). The standard InChI is InChI=1S/C25H18FN5OS/c26-18-11-13-19(14-12-18)31-24(21-10-6-16-33-21)29-23(30-31)25(32)28-22(17-7-2-1-3-8-17)20-9-4-5-15-27-20/h1-16,22H,(H,28,32). The summed E-state index contributed by atoms with van der Waals surface area (Å²) in [5, 5.41) is 9.40. The molecule has 1 atom stereocenters. The summed E-state index contributed by atoms with van der Waals surface area (Å²) in [5.74, 6) is -0.265. The van der Waals surface area contributed by atoms with E-state index in [0.29, 0.717) is 17.2 Å². The zero-order valence-corrected chi connectivity index (χ0v) is 18.1. The third-order valence-corrected chi connectivity index (χ3v) is 5.88. The summed E-state index contributed by atoms with van der Waals surface area (Å²) >= 11 is 1.48. The van der Waals surface area contributed by atoms with Crippen LogP contribution in [0.1, 0.15) is 27.9 Å². The van der Waals surface area contributed by atoms with E-state index in [1.54, 1.807) is 23.0 Å². The van der Waals surface area contributed by atoms with Crippen LogP contribution in [0.25, 0.3) is 16.4 Å². The van der Waals surface area contributed by atoms with Crippen LogP contribution < -0.4 is 5.32 Å². The van der Waals surface area contributed by atoms with Crippen molar-refractivity contribution in [2.45, 2.75) is 6.04 Å². The molecule has 3 heterocycles. The number of rotatable bonds is 6. The normalized spacial score (nSPS) is 11.8. The first kappa shape index (κ1) is 20.7. The van der Waals surface area contributed by atoms with Gasteiger partial charge in [0.1, 0.15) is 5.82 Å². The number of pyridine rings is 1. The zero-order chi connectivity index (χ0) is 22.6. The SMILES string of the molecule is O=C(NC(c1ccccc1)c1ccccn1)c1nc(-c2cccs2)n(-c2ccc(F)cc2)n1. The van der Waals surface area contributed by atoms with Crippen LogP contribution in [-0.2, 0) is 0 Å². The van der Waals surface area contributed by atoms with Gasteiger partial charge in [-0.2, -0.15) is 0 Å². The molecular formula is C25H18FN5OS. The number of aromatic nitrogens is 4. The summed E-state index contributed by atoms with van der Waals surface area (Å²) in [6.07, 6.45) is 1.69. The molecule has 0 bridgehead atoms. The van der Waals surface area contributed by atoms with Crippen molar-refractivity contribution in [2.75, 3.05) is 0 Å². The highest BCUT2D eigenvalue weighted by molar-refractivity contribution is 7.13. The minimum atomic E-state index is -0.470. The number of nitrogens with zero attached hydrogens (tertiary/aromatic N) is 4. The molecule has 1 amide bonds. The molecule has 162 valence electrons. The molecule has 1 unspecified atom stereocenters. The highest BCUT2D eigenvalue weighted by Crippen LogP contribution is 2.26. The Hall–Kier alpha value is -4.17. The lowest BCUT2D eigenvalue weighted by molar-refractivity contribution is 0.0932. The summed E-state index contributed by atoms with van der Waals surface area (Å²) in [6, 6.07) is 24.4. The fourth-order valence-electron chi connectivity index (χ4n) is 3.45. The molecule has 5 aromatic rings. The zero-order valence-electron chi connectivity index (χ0n) is 17.3. The van der Waals surface area contributed by atoms with Crippen LogP contribution in [0.5, 0.6) is 0 Å². The quantitative estimate of drug-likeness (QED) is 0.389. The van der Waals surface area contributed by atoms with Crippen molar-refractivity contribution in [1.82, 2.24) is 25.1 Å². The van der Waals surface area contributed by atoms with Gasteiger partial charge in [-0.15, -0.1) is 16.4 Å². The Bertz CT molecular complexity index is 1310. The number of thiophene rings is 1. The lowest BCUT2D eigenvalue weighted by atomic mass is 10.0. The predicted molar refractivity (Wildman–Crippen MR) is 125 cm³/mol. The Labute approximate surface area is 193 Å². The van der Waals surface area contributed by atoms with Crippen molar-refractivity contribution in [3.8, 4) is 16.4 Å². The van der Waals surface area contributed by atoms with E-state index in [2.05, 4.69) is 20.4 Å². The molecule has 3 aromatic heterocycles. The largest absolute Gasteiger partial charge is 0.337 e. The maximum atomic E-state index is 13.5. The third kappa shape index (κ3) is 4.42. The molecule has 0 radical (unpaired) electrons. The van der Waals surface area contributed by atoms with Crippen molar-refractivity contribution < 1.29 is 9.18 Å². The van der Waals surface area contributed by atoms with E-state index < -0.39 is 11.9 Å². The molecule has 8 heteroatoms. The predicted octanol–water partition coefficient (Wildman–Crippen LogP) is 5.05. The summed E-state index contributed by atoms with van der Waals surface area (Å²) in [7, 11) is 0. The molecule has 6 nitrogen and oxygen atoms in total. The second-order valence-corrected chi connectivity index (χ2v) is 8.14. The summed E-state index contributed by atoms with van der Waals surface area (Å²) in [5.41, 5.74) is 2.20. The van der Waals surface area contributed by atoms with Crippen LogP contribution in [0.3, 0.4) is 0 Å². The number of benzene rings is 2. The Kier molecular flexibility index (Phi) is 5.73. The first-order chi connectivity index (χ1) is 16.2. The highest BCUT2D eigenvalue weighted by Gasteiger charge is 2.24. The first-order valence-corrected chi connectivity index (χ1v) is 11.1. The van der Waals surface area contributed by atoms with Gasteiger partial charge in [-0.1, -0.05) is 42.5 Å². The monoisotopic (exact) mass is 455 g/mol. The van der Waals surface area contributed by atoms with Crippen LogP contribution in [0.15, 0.2) is 96.5 Å². The molecular weight excluding hydrogens is 437 g/mol. The minimum Gasteiger partial charge on any atom is -0.337 e. The number of carbonyl (C=O) groups excluding carboxylic acids is 1. The number of halogens is 1. The molecule has 2 aromatic carbocycles. The van der Waals surface area contributed by atoms with Crippen LogP contribution in [0, 0.1) is 5.82 Å². The van der Waals surface area contributed by atoms with Crippen molar-refractivity contribution >= 4 is 17.2 Å². The number of amides is 1. The van der Waals surface area contributed by atoms with E-state index in [1.165, 1.54) is 23.5 Å². The van der Waals surface area contributed by atoms with E-state index in [1.807, 2.05) is 66.0 Å². The van der Waals surface area contributed by atoms with E-state index in [-0.39, 0.29) is 11.6 Å². The Balaban J connectivity index is 1.52. The van der Waals surface area contributed by atoms with Gasteiger partial charge in [0.05, 0.1) is 22.3 Å². The number of hydrogen-bond acceptors (Lipinski definition) is 5. The maximum absolute atomic E-state index is 13.5. The molecule has 0 saturated carbocycles. The van der Waals surface area contributed by atoms with Crippen molar-refractivity contribution in [3.05, 3.63) is 119 Å². The van der Waals surface area contributed by atoms with Gasteiger partial charge in [0.25, 0.3) is 5.91 Å². The highest BCUT2D eigenvalue weighted by atomic mass is 32.1. The van der Waals surface area contributed by atoms with Gasteiger partial charge in [0.15, 0.2) is 5.82 Å². The lowest BCUT2D eigenvalue weighted by Crippen LogP contribution is -2.30. The van der Waals surface area contributed by atoms with Gasteiger partial charge in [-0.3, -0.25) is 9.78 Å². The molecule has 0 aliphatic heterocycles. The molecule has 0 fully saturated rings. The lowest BCUT2D eigenvalue weighted by Gasteiger charge is -2.18. The van der Waals surface area contributed by atoms with Crippen molar-refractivity contribution in [1.29, 1.82) is 0 Å². The topological polar surface area (TPSA) is 72.7 Å². The number of hydrogen-bond donors (Lipinski definition) is 1. The molecule has 0 aliphatic rings. The Morgan fingerprint density at radius 3 is 2.42 bits per heavy atom. The molecule has 0 aliphatic carbocycles. The van der Waals surface area contributed by atoms with Gasteiger partial charge >= 0.3 is 0 Å². The van der Waals surface area contributed by atoms with Gasteiger partial charge in [0, 0.05) is 6.20 Å². The minimum absolute atomic E-state index is 0.0135. The maximum Gasteiger partial charge on any atom is 0.291 e. The molecule has 0 spiro atoms. The summed E-state index contributed by atoms with van der Waals surface area (Å²) in [4.78, 5) is 23.1. The van der Waals surface area contributed by atoms with Crippen LogP contribution in [0.2, 0.25) is 0 Å². The second kappa shape index (κ2) is 9.13. The van der Waals surface area contributed by atoms with E-state index in [0.717, 1.165) is 10.4 Å². The average molecular weight is 456 g/mol. The van der Waals surface area contributed by atoms with Gasteiger partial charge in [0.2, 0.25) is 5.82 Å². The molecule has 1 N–H and O–H groups in total. The van der Waals surface area contributed by atoms with Crippen LogP contribution in [-0.4, -0.2) is 25.7 Å². The molecule has 33 heavy (non-hydrogen) atoms. The average Bonchev–Trinajstić information content (AvgIpc) is 3.54. The van der Waals surface area contributed by atoms with E-state index in [9.17, 15) is 9.18 Å². The number of carbonyl (C=O) groups is 1. The first-order valence-electron chi connectivity index (χ1n) is 10.2. The van der Waals surface area contributed by atoms with Crippen molar-refractivity contribution in [2.24, 2.45) is 0 Å². The molecule has 0 saturated heterocycles. The third-order valence-electron chi connectivity index (χ3n) is 5.01. The second-order valence-electron chi connectivity index (χ2n) is 7.20. The Morgan fingerprint density at radius 2 is 1.73 bits per heavy atom. The fourth-order valence-corrected chi connectivity index (χ4v) is 4.15.